The Kier molecular flexibility index (Phi) is 5.12. The molecule has 1 fully saturated rings. The fourth-order valence-electron chi connectivity index (χ4n) is 4.46. The number of hydrogen-bond donors (Lipinski definition) is 3. The standard InChI is InChI=1S/C24H23FN6O3/c1-12-16(9-30-22-21(12)28-3-4-33-22)15-5-13-6-18(29-10-17(13)20(27)19(15)25)31-23(32)34-14-7-24(2,8-14)11-26/h5-6,9-10,14,28H,3-4,7-8,27H2,1-2H3,(H,29,31,32)/t14-,24+. The zero-order valence-corrected chi connectivity index (χ0v) is 18.7. The van der Waals surface area contributed by atoms with Crippen molar-refractivity contribution in [2.75, 3.05) is 29.5 Å². The molecule has 1 amide bonds. The molecule has 0 radical (unpaired) electrons. The van der Waals surface area contributed by atoms with Crippen LogP contribution in [0.5, 0.6) is 5.88 Å². The number of nitrogens with two attached hydrogens (primary N) is 1. The van der Waals surface area contributed by atoms with E-state index in [2.05, 4.69) is 26.7 Å². The number of carbonyl (C=O) groups excluding carboxylic acids is 1. The number of halogens is 1. The molecule has 174 valence electrons. The van der Waals surface area contributed by atoms with Crippen molar-refractivity contribution in [3.63, 3.8) is 0 Å². The average molecular weight is 462 g/mol. The number of carbonyl (C=O) groups is 1. The number of nitriles is 1. The van der Waals surface area contributed by atoms with Gasteiger partial charge in [0.2, 0.25) is 5.88 Å². The van der Waals surface area contributed by atoms with Crippen LogP contribution in [-0.4, -0.2) is 35.3 Å². The number of amides is 1. The first-order chi connectivity index (χ1) is 16.3. The second-order valence-electron chi connectivity index (χ2n) is 8.93. The van der Waals surface area contributed by atoms with Crippen molar-refractivity contribution >= 4 is 34.1 Å². The number of ether oxygens (including phenoxy) is 2. The monoisotopic (exact) mass is 462 g/mol. The lowest BCUT2D eigenvalue weighted by atomic mass is 9.69. The van der Waals surface area contributed by atoms with Gasteiger partial charge in [-0.2, -0.15) is 5.26 Å². The van der Waals surface area contributed by atoms with Gasteiger partial charge in [-0.05, 0) is 36.9 Å². The molecule has 10 heteroatoms. The van der Waals surface area contributed by atoms with Crippen LogP contribution in [0.4, 0.5) is 26.4 Å². The predicted octanol–water partition coefficient (Wildman–Crippen LogP) is 4.37. The van der Waals surface area contributed by atoms with Crippen molar-refractivity contribution in [2.45, 2.75) is 32.8 Å². The third-order valence-corrected chi connectivity index (χ3v) is 6.37. The Hall–Kier alpha value is -4.13. The van der Waals surface area contributed by atoms with Crippen LogP contribution in [-0.2, 0) is 4.74 Å². The highest BCUT2D eigenvalue weighted by Crippen LogP contribution is 2.42. The summed E-state index contributed by atoms with van der Waals surface area (Å²) in [6, 6.07) is 5.48. The predicted molar refractivity (Wildman–Crippen MR) is 125 cm³/mol. The summed E-state index contributed by atoms with van der Waals surface area (Å²) in [6.07, 6.45) is 3.00. The Balaban J connectivity index is 1.44. The zero-order chi connectivity index (χ0) is 24.0. The van der Waals surface area contributed by atoms with Gasteiger partial charge in [-0.3, -0.25) is 5.32 Å². The molecule has 0 bridgehead atoms. The number of rotatable bonds is 3. The van der Waals surface area contributed by atoms with E-state index >= 15 is 4.39 Å². The van der Waals surface area contributed by atoms with E-state index in [0.717, 1.165) is 11.3 Å². The van der Waals surface area contributed by atoms with Gasteiger partial charge in [-0.25, -0.2) is 19.2 Å². The van der Waals surface area contributed by atoms with Crippen molar-refractivity contribution < 1.29 is 18.7 Å². The molecular formula is C24H23FN6O3. The van der Waals surface area contributed by atoms with Gasteiger partial charge in [0, 0.05) is 48.3 Å². The number of nitrogen functional groups attached to an aromatic ring is 1. The maximum Gasteiger partial charge on any atom is 0.413 e. The molecule has 1 saturated carbocycles. The van der Waals surface area contributed by atoms with Crippen molar-refractivity contribution in [2.24, 2.45) is 5.41 Å². The third-order valence-electron chi connectivity index (χ3n) is 6.37. The molecule has 2 aliphatic rings. The van der Waals surface area contributed by atoms with Gasteiger partial charge in [0.05, 0.1) is 17.2 Å². The minimum atomic E-state index is -0.659. The molecule has 4 N–H and O–H groups in total. The van der Waals surface area contributed by atoms with Gasteiger partial charge in [0.15, 0.2) is 5.82 Å². The van der Waals surface area contributed by atoms with Crippen LogP contribution in [0.25, 0.3) is 21.9 Å². The molecule has 1 aliphatic heterocycles. The minimum Gasteiger partial charge on any atom is -0.474 e. The second-order valence-corrected chi connectivity index (χ2v) is 8.93. The SMILES string of the molecule is Cc1c(-c2cc3cc(NC(=O)O[C@H]4C[C@@](C)(C#N)C4)ncc3c(N)c2F)cnc2c1NCCO2. The summed E-state index contributed by atoms with van der Waals surface area (Å²) in [5.74, 6) is 0.158. The van der Waals surface area contributed by atoms with Crippen molar-refractivity contribution in [3.8, 4) is 23.1 Å². The quantitative estimate of drug-likeness (QED) is 0.488. The fraction of sp³-hybridized carbons (Fsp3) is 0.333. The molecule has 3 heterocycles. The van der Waals surface area contributed by atoms with Gasteiger partial charge in [0.25, 0.3) is 0 Å². The van der Waals surface area contributed by atoms with Crippen molar-refractivity contribution in [1.82, 2.24) is 9.97 Å². The molecule has 1 aromatic carbocycles. The molecule has 0 saturated heterocycles. The molecule has 5 rings (SSSR count). The summed E-state index contributed by atoms with van der Waals surface area (Å²) in [7, 11) is 0. The van der Waals surface area contributed by atoms with E-state index < -0.39 is 17.3 Å². The Bertz CT molecular complexity index is 1360. The highest BCUT2D eigenvalue weighted by atomic mass is 19.1. The van der Waals surface area contributed by atoms with Crippen molar-refractivity contribution in [3.05, 3.63) is 35.9 Å². The number of benzene rings is 1. The van der Waals surface area contributed by atoms with Gasteiger partial charge in [0.1, 0.15) is 24.2 Å². The van der Waals surface area contributed by atoms with Crippen LogP contribution in [0.1, 0.15) is 25.3 Å². The molecule has 3 aromatic rings. The number of hydrogen-bond acceptors (Lipinski definition) is 8. The van der Waals surface area contributed by atoms with E-state index in [1.165, 1.54) is 6.20 Å². The first-order valence-corrected chi connectivity index (χ1v) is 10.9. The maximum absolute atomic E-state index is 15.3. The average Bonchev–Trinajstić information content (AvgIpc) is 2.81. The number of nitrogens with zero attached hydrogens (tertiary/aromatic N) is 3. The molecule has 34 heavy (non-hydrogen) atoms. The summed E-state index contributed by atoms with van der Waals surface area (Å²) >= 11 is 0. The van der Waals surface area contributed by atoms with E-state index in [-0.39, 0.29) is 23.2 Å². The van der Waals surface area contributed by atoms with Crippen molar-refractivity contribution in [1.29, 1.82) is 5.26 Å². The van der Waals surface area contributed by atoms with Gasteiger partial charge >= 0.3 is 6.09 Å². The topological polar surface area (TPSA) is 135 Å². The third kappa shape index (κ3) is 3.69. The first-order valence-electron chi connectivity index (χ1n) is 10.9. The molecule has 0 spiro atoms. The smallest absolute Gasteiger partial charge is 0.413 e. The molecule has 0 atom stereocenters. The van der Waals surface area contributed by atoms with Gasteiger partial charge in [-0.1, -0.05) is 0 Å². The van der Waals surface area contributed by atoms with Crippen LogP contribution in [0.2, 0.25) is 0 Å². The molecule has 2 aromatic heterocycles. The Morgan fingerprint density at radius 1 is 1.35 bits per heavy atom. The lowest BCUT2D eigenvalue weighted by Crippen LogP contribution is -2.41. The summed E-state index contributed by atoms with van der Waals surface area (Å²) in [5.41, 5.74) is 8.01. The summed E-state index contributed by atoms with van der Waals surface area (Å²) in [6.45, 7) is 4.85. The number of fused-ring (bicyclic) bond motifs is 2. The molecular weight excluding hydrogens is 439 g/mol. The largest absolute Gasteiger partial charge is 0.474 e. The van der Waals surface area contributed by atoms with Gasteiger partial charge in [-0.15, -0.1) is 0 Å². The van der Waals surface area contributed by atoms with Gasteiger partial charge < -0.3 is 20.5 Å². The maximum atomic E-state index is 15.3. The van der Waals surface area contributed by atoms with E-state index in [1.807, 2.05) is 13.8 Å². The molecule has 1 aliphatic carbocycles. The van der Waals surface area contributed by atoms with Crippen LogP contribution >= 0.6 is 0 Å². The first kappa shape index (κ1) is 21.7. The van der Waals surface area contributed by atoms with E-state index in [0.29, 0.717) is 48.2 Å². The highest BCUT2D eigenvalue weighted by Gasteiger charge is 2.43. The fourth-order valence-corrected chi connectivity index (χ4v) is 4.46. The summed E-state index contributed by atoms with van der Waals surface area (Å²) in [5, 5.41) is 16.0. The normalized spacial score (nSPS) is 20.8. The van der Waals surface area contributed by atoms with Crippen LogP contribution in [0.15, 0.2) is 24.5 Å². The van der Waals surface area contributed by atoms with E-state index in [1.54, 1.807) is 18.3 Å². The number of aromatic nitrogens is 2. The Labute approximate surface area is 195 Å². The second kappa shape index (κ2) is 8.02. The molecule has 9 nitrogen and oxygen atoms in total. The zero-order valence-electron chi connectivity index (χ0n) is 18.7. The van der Waals surface area contributed by atoms with Crippen LogP contribution < -0.4 is 21.1 Å². The molecule has 0 unspecified atom stereocenters. The lowest BCUT2D eigenvalue weighted by molar-refractivity contribution is 0.00137. The number of anilines is 3. The van der Waals surface area contributed by atoms with Crippen LogP contribution in [0, 0.1) is 29.5 Å². The summed E-state index contributed by atoms with van der Waals surface area (Å²) in [4.78, 5) is 20.8. The number of pyridine rings is 2. The minimum absolute atomic E-state index is 0.0410. The van der Waals surface area contributed by atoms with E-state index in [9.17, 15) is 4.79 Å². The van der Waals surface area contributed by atoms with E-state index in [4.69, 9.17) is 20.5 Å². The summed E-state index contributed by atoms with van der Waals surface area (Å²) < 4.78 is 26.2. The Morgan fingerprint density at radius 2 is 2.15 bits per heavy atom. The Morgan fingerprint density at radius 3 is 2.91 bits per heavy atom. The highest BCUT2D eigenvalue weighted by molar-refractivity contribution is 5.99. The number of nitrogens with one attached hydrogen (secondary N) is 2. The van der Waals surface area contributed by atoms with Crippen LogP contribution in [0.3, 0.4) is 0 Å². The lowest BCUT2D eigenvalue weighted by Gasteiger charge is -2.38.